The van der Waals surface area contributed by atoms with Crippen molar-refractivity contribution in [3.05, 3.63) is 60.8 Å². The minimum atomic E-state index is 0.482. The van der Waals surface area contributed by atoms with Gasteiger partial charge in [-0.25, -0.2) is 4.98 Å². The zero-order valence-electron chi connectivity index (χ0n) is 11.4. The topological polar surface area (TPSA) is 57.1 Å². The Morgan fingerprint density at radius 2 is 1.62 bits per heavy atom. The number of nitrogens with zero attached hydrogens (tertiary/aromatic N) is 3. The van der Waals surface area contributed by atoms with Gasteiger partial charge in [0, 0.05) is 23.9 Å². The zero-order valence-corrected chi connectivity index (χ0v) is 11.4. The molecule has 5 heteroatoms. The Kier molecular flexibility index (Phi) is 3.73. The van der Waals surface area contributed by atoms with Crippen LogP contribution in [-0.4, -0.2) is 22.3 Å². The van der Waals surface area contributed by atoms with E-state index in [0.717, 1.165) is 17.0 Å². The van der Waals surface area contributed by atoms with Gasteiger partial charge in [0.05, 0.1) is 12.8 Å². The van der Waals surface area contributed by atoms with Crippen molar-refractivity contribution in [1.82, 2.24) is 15.2 Å². The van der Waals surface area contributed by atoms with Crippen LogP contribution in [0.2, 0.25) is 0 Å². The van der Waals surface area contributed by atoms with E-state index < -0.39 is 0 Å². The first-order chi connectivity index (χ1) is 10.3. The zero-order chi connectivity index (χ0) is 14.5. The molecule has 3 aromatic rings. The van der Waals surface area contributed by atoms with E-state index in [0.29, 0.717) is 11.8 Å². The molecule has 104 valence electrons. The predicted molar refractivity (Wildman–Crippen MR) is 78.3 cm³/mol. The van der Waals surface area contributed by atoms with Gasteiger partial charge in [-0.1, -0.05) is 18.2 Å². The Balaban J connectivity index is 1.77. The fourth-order valence-corrected chi connectivity index (χ4v) is 1.78. The highest BCUT2D eigenvalue weighted by Gasteiger charge is 2.03. The van der Waals surface area contributed by atoms with Gasteiger partial charge in [-0.2, -0.15) is 0 Å². The van der Waals surface area contributed by atoms with Gasteiger partial charge in [0.25, 0.3) is 0 Å². The van der Waals surface area contributed by atoms with Crippen molar-refractivity contribution in [1.29, 1.82) is 0 Å². The summed E-state index contributed by atoms with van der Waals surface area (Å²) in [5.74, 6) is 1.77. The van der Waals surface area contributed by atoms with Crippen molar-refractivity contribution >= 4 is 0 Å². The second-order valence-corrected chi connectivity index (χ2v) is 4.26. The smallest absolute Gasteiger partial charge is 0.233 e. The Hall–Kier alpha value is -2.95. The van der Waals surface area contributed by atoms with E-state index in [-0.39, 0.29) is 0 Å². The van der Waals surface area contributed by atoms with Crippen molar-refractivity contribution in [3.63, 3.8) is 0 Å². The molecule has 0 N–H and O–H groups in total. The summed E-state index contributed by atoms with van der Waals surface area (Å²) < 4.78 is 10.6. The van der Waals surface area contributed by atoms with Gasteiger partial charge in [0.2, 0.25) is 11.8 Å². The van der Waals surface area contributed by atoms with Gasteiger partial charge in [0.15, 0.2) is 0 Å². The van der Waals surface area contributed by atoms with Gasteiger partial charge < -0.3 is 9.47 Å². The van der Waals surface area contributed by atoms with Crippen LogP contribution in [0.25, 0.3) is 11.3 Å². The fourth-order valence-electron chi connectivity index (χ4n) is 1.78. The molecule has 21 heavy (non-hydrogen) atoms. The van der Waals surface area contributed by atoms with Gasteiger partial charge in [-0.05, 0) is 24.3 Å². The first-order valence-electron chi connectivity index (χ1n) is 6.42. The van der Waals surface area contributed by atoms with Gasteiger partial charge in [0.1, 0.15) is 5.75 Å². The number of hydrogen-bond donors (Lipinski definition) is 0. The number of pyridine rings is 1. The maximum absolute atomic E-state index is 5.64. The molecule has 2 aromatic heterocycles. The number of hydrogen-bond acceptors (Lipinski definition) is 5. The molecule has 0 unspecified atom stereocenters. The Bertz CT molecular complexity index is 698. The molecule has 0 bridgehead atoms. The molecule has 3 rings (SSSR count). The lowest BCUT2D eigenvalue weighted by atomic mass is 10.2. The average molecular weight is 279 g/mol. The summed E-state index contributed by atoms with van der Waals surface area (Å²) in [6.45, 7) is 0. The lowest BCUT2D eigenvalue weighted by molar-refractivity contribution is 0.392. The molecule has 0 amide bonds. The van der Waals surface area contributed by atoms with Gasteiger partial charge in [-0.3, -0.25) is 0 Å². The Morgan fingerprint density at radius 3 is 2.24 bits per heavy atom. The van der Waals surface area contributed by atoms with Crippen molar-refractivity contribution < 1.29 is 9.47 Å². The maximum Gasteiger partial charge on any atom is 0.233 e. The van der Waals surface area contributed by atoms with E-state index in [9.17, 15) is 0 Å². The van der Waals surface area contributed by atoms with Crippen molar-refractivity contribution in [3.8, 4) is 28.8 Å². The quantitative estimate of drug-likeness (QED) is 0.733. The molecule has 0 saturated carbocycles. The summed E-state index contributed by atoms with van der Waals surface area (Å²) in [6, 6.07) is 16.8. The lowest BCUT2D eigenvalue weighted by Crippen LogP contribution is -1.93. The summed E-state index contributed by atoms with van der Waals surface area (Å²) in [6.07, 6.45) is 1.70. The molecular weight excluding hydrogens is 266 g/mol. The number of aromatic nitrogens is 3. The van der Waals surface area contributed by atoms with E-state index >= 15 is 0 Å². The van der Waals surface area contributed by atoms with E-state index in [1.54, 1.807) is 25.4 Å². The molecule has 0 fully saturated rings. The van der Waals surface area contributed by atoms with Crippen molar-refractivity contribution in [2.45, 2.75) is 0 Å². The molecule has 0 aliphatic rings. The maximum atomic E-state index is 5.64. The highest BCUT2D eigenvalue weighted by molar-refractivity contribution is 5.57. The first-order valence-corrected chi connectivity index (χ1v) is 6.42. The number of ether oxygens (including phenoxy) is 2. The molecule has 0 atom stereocenters. The van der Waals surface area contributed by atoms with Crippen LogP contribution in [0.5, 0.6) is 17.5 Å². The highest BCUT2D eigenvalue weighted by Crippen LogP contribution is 2.22. The van der Waals surface area contributed by atoms with Crippen LogP contribution in [0.1, 0.15) is 0 Å². The SMILES string of the molecule is COc1ccc(-c2ccc(Oc3ccccc3)nc2)nn1. The summed E-state index contributed by atoms with van der Waals surface area (Å²) in [5, 5.41) is 8.01. The molecule has 0 radical (unpaired) electrons. The predicted octanol–water partition coefficient (Wildman–Crippen LogP) is 3.34. The summed E-state index contributed by atoms with van der Waals surface area (Å²) in [4.78, 5) is 4.27. The normalized spacial score (nSPS) is 10.1. The van der Waals surface area contributed by atoms with E-state index in [1.807, 2.05) is 42.5 Å². The van der Waals surface area contributed by atoms with Crippen LogP contribution in [0.3, 0.4) is 0 Å². The molecule has 5 nitrogen and oxygen atoms in total. The van der Waals surface area contributed by atoms with Gasteiger partial charge in [-0.15, -0.1) is 10.2 Å². The number of para-hydroxylation sites is 1. The second kappa shape index (κ2) is 6.00. The van der Waals surface area contributed by atoms with Crippen LogP contribution in [0, 0.1) is 0 Å². The molecule has 0 aliphatic heterocycles. The number of benzene rings is 1. The third-order valence-corrected chi connectivity index (χ3v) is 2.85. The first kappa shape index (κ1) is 13.1. The van der Waals surface area contributed by atoms with Crippen molar-refractivity contribution in [2.24, 2.45) is 0 Å². The Labute approximate surface area is 122 Å². The van der Waals surface area contributed by atoms with Gasteiger partial charge >= 0.3 is 0 Å². The summed E-state index contributed by atoms with van der Waals surface area (Å²) in [5.41, 5.74) is 1.60. The standard InChI is InChI=1S/C16H13N3O2/c1-20-16-10-8-14(18-19-16)12-7-9-15(17-11-12)21-13-5-3-2-4-6-13/h2-11H,1H3. The molecule has 0 saturated heterocycles. The Morgan fingerprint density at radius 1 is 0.810 bits per heavy atom. The van der Waals surface area contributed by atoms with Crippen LogP contribution >= 0.6 is 0 Å². The molecule has 0 aliphatic carbocycles. The molecule has 2 heterocycles. The highest BCUT2D eigenvalue weighted by atomic mass is 16.5. The molecular formula is C16H13N3O2. The van der Waals surface area contributed by atoms with E-state index in [4.69, 9.17) is 9.47 Å². The molecule has 1 aromatic carbocycles. The largest absolute Gasteiger partial charge is 0.480 e. The second-order valence-electron chi connectivity index (χ2n) is 4.26. The van der Waals surface area contributed by atoms with Crippen LogP contribution in [0.15, 0.2) is 60.8 Å². The monoisotopic (exact) mass is 279 g/mol. The van der Waals surface area contributed by atoms with Crippen molar-refractivity contribution in [2.75, 3.05) is 7.11 Å². The van der Waals surface area contributed by atoms with Crippen LogP contribution in [0.4, 0.5) is 0 Å². The number of methoxy groups -OCH3 is 1. The lowest BCUT2D eigenvalue weighted by Gasteiger charge is -2.05. The molecule has 0 spiro atoms. The number of rotatable bonds is 4. The minimum Gasteiger partial charge on any atom is -0.480 e. The van der Waals surface area contributed by atoms with E-state index in [2.05, 4.69) is 15.2 Å². The van der Waals surface area contributed by atoms with Crippen LogP contribution in [-0.2, 0) is 0 Å². The third kappa shape index (κ3) is 3.14. The van der Waals surface area contributed by atoms with Crippen LogP contribution < -0.4 is 9.47 Å². The minimum absolute atomic E-state index is 0.482. The average Bonchev–Trinajstić information content (AvgIpc) is 2.57. The third-order valence-electron chi connectivity index (χ3n) is 2.85. The summed E-state index contributed by atoms with van der Waals surface area (Å²) >= 11 is 0. The fraction of sp³-hybridized carbons (Fsp3) is 0.0625. The van der Waals surface area contributed by atoms with E-state index in [1.165, 1.54) is 0 Å². The summed E-state index contributed by atoms with van der Waals surface area (Å²) in [7, 11) is 1.56.